The molecule has 3 heteroatoms. The molecule has 0 radical (unpaired) electrons. The molecule has 1 nitrogen and oxygen atoms in total. The van der Waals surface area contributed by atoms with Gasteiger partial charge in [0.1, 0.15) is 0 Å². The molecule has 0 amide bonds. The first-order valence-electron chi connectivity index (χ1n) is 4.50. The number of halogens is 2. The van der Waals surface area contributed by atoms with Crippen molar-refractivity contribution in [3.63, 3.8) is 0 Å². The fraction of sp³-hybridized carbons (Fsp3) is 0.273. The minimum absolute atomic E-state index is 0.146. The van der Waals surface area contributed by atoms with Gasteiger partial charge in [0.2, 0.25) is 0 Å². The zero-order chi connectivity index (χ0) is 10.6. The molecule has 0 aliphatic carbocycles. The van der Waals surface area contributed by atoms with Crippen molar-refractivity contribution in [3.8, 4) is 0 Å². The van der Waals surface area contributed by atoms with Crippen molar-refractivity contribution in [1.82, 2.24) is 5.32 Å². The second-order valence-electron chi connectivity index (χ2n) is 2.94. The molecule has 0 saturated heterocycles. The maximum Gasteiger partial charge on any atom is 0.0515 e. The summed E-state index contributed by atoms with van der Waals surface area (Å²) in [5, 5.41) is 4.05. The van der Waals surface area contributed by atoms with E-state index in [1.807, 2.05) is 24.3 Å². The third kappa shape index (κ3) is 2.84. The maximum atomic E-state index is 5.94. The molecular formula is C11H13BrClN. The first kappa shape index (κ1) is 11.8. The van der Waals surface area contributed by atoms with Crippen LogP contribution in [0.2, 0.25) is 5.02 Å². The van der Waals surface area contributed by atoms with Gasteiger partial charge in [-0.15, -0.1) is 6.58 Å². The van der Waals surface area contributed by atoms with Gasteiger partial charge < -0.3 is 5.32 Å². The van der Waals surface area contributed by atoms with Gasteiger partial charge in [-0.05, 0) is 30.3 Å². The zero-order valence-electron chi connectivity index (χ0n) is 8.06. The molecular weight excluding hydrogens is 261 g/mol. The van der Waals surface area contributed by atoms with Crippen LogP contribution < -0.4 is 5.32 Å². The molecule has 0 aliphatic heterocycles. The summed E-state index contributed by atoms with van der Waals surface area (Å²) in [5.74, 6) is 0. The predicted octanol–water partition coefficient (Wildman–Crippen LogP) is 3.94. The minimum Gasteiger partial charge on any atom is -0.307 e. The van der Waals surface area contributed by atoms with Gasteiger partial charge in [0.15, 0.2) is 0 Å². The summed E-state index contributed by atoms with van der Waals surface area (Å²) in [7, 11) is 0. The van der Waals surface area contributed by atoms with Gasteiger partial charge in [-0.3, -0.25) is 0 Å². The Bertz CT molecular complexity index is 325. The molecule has 0 saturated carbocycles. The standard InChI is InChI=1S/C11H13BrClN/c1-3-11(14-4-2)9-7-8(13)5-6-10(9)12/h3,5-7,11,14H,1,4H2,2H3. The van der Waals surface area contributed by atoms with Crippen LogP contribution in [-0.4, -0.2) is 6.54 Å². The number of nitrogens with one attached hydrogen (secondary N) is 1. The van der Waals surface area contributed by atoms with E-state index in [-0.39, 0.29) is 6.04 Å². The first-order chi connectivity index (χ1) is 6.69. The summed E-state index contributed by atoms with van der Waals surface area (Å²) in [4.78, 5) is 0. The van der Waals surface area contributed by atoms with Crippen molar-refractivity contribution >= 4 is 27.5 Å². The number of hydrogen-bond donors (Lipinski definition) is 1. The molecule has 1 N–H and O–H groups in total. The van der Waals surface area contributed by atoms with Crippen LogP contribution in [0, 0.1) is 0 Å². The van der Waals surface area contributed by atoms with E-state index in [0.717, 1.165) is 21.6 Å². The van der Waals surface area contributed by atoms with E-state index in [1.165, 1.54) is 0 Å². The van der Waals surface area contributed by atoms with Crippen molar-refractivity contribution in [2.24, 2.45) is 0 Å². The first-order valence-corrected chi connectivity index (χ1v) is 5.67. The summed E-state index contributed by atoms with van der Waals surface area (Å²) in [6.45, 7) is 6.76. The molecule has 0 aliphatic rings. The summed E-state index contributed by atoms with van der Waals surface area (Å²) in [6, 6.07) is 5.90. The molecule has 0 fully saturated rings. The quantitative estimate of drug-likeness (QED) is 0.820. The number of rotatable bonds is 4. The number of hydrogen-bond acceptors (Lipinski definition) is 1. The molecule has 0 aromatic heterocycles. The average molecular weight is 275 g/mol. The Hall–Kier alpha value is -0.310. The number of likely N-dealkylation sites (N-methyl/N-ethyl adjacent to an activating group) is 1. The molecule has 0 bridgehead atoms. The van der Waals surface area contributed by atoms with E-state index < -0.39 is 0 Å². The van der Waals surface area contributed by atoms with Gasteiger partial charge in [0.25, 0.3) is 0 Å². The van der Waals surface area contributed by atoms with Gasteiger partial charge in [-0.2, -0.15) is 0 Å². The van der Waals surface area contributed by atoms with Crippen molar-refractivity contribution in [1.29, 1.82) is 0 Å². The highest BCUT2D eigenvalue weighted by molar-refractivity contribution is 9.10. The topological polar surface area (TPSA) is 12.0 Å². The zero-order valence-corrected chi connectivity index (χ0v) is 10.4. The van der Waals surface area contributed by atoms with E-state index in [2.05, 4.69) is 34.7 Å². The van der Waals surface area contributed by atoms with Crippen LogP contribution in [0.25, 0.3) is 0 Å². The second-order valence-corrected chi connectivity index (χ2v) is 4.23. The van der Waals surface area contributed by atoms with Gasteiger partial charge in [-0.25, -0.2) is 0 Å². The lowest BCUT2D eigenvalue weighted by atomic mass is 10.1. The highest BCUT2D eigenvalue weighted by Gasteiger charge is 2.09. The lowest BCUT2D eigenvalue weighted by molar-refractivity contribution is 0.647. The third-order valence-corrected chi connectivity index (χ3v) is 2.91. The Morgan fingerprint density at radius 1 is 1.64 bits per heavy atom. The molecule has 1 atom stereocenters. The largest absolute Gasteiger partial charge is 0.307 e. The fourth-order valence-electron chi connectivity index (χ4n) is 1.29. The molecule has 1 unspecified atom stereocenters. The van der Waals surface area contributed by atoms with E-state index in [0.29, 0.717) is 0 Å². The normalized spacial score (nSPS) is 12.5. The minimum atomic E-state index is 0.146. The Morgan fingerprint density at radius 2 is 2.36 bits per heavy atom. The Balaban J connectivity index is 3.01. The third-order valence-electron chi connectivity index (χ3n) is 1.95. The average Bonchev–Trinajstić information content (AvgIpc) is 2.18. The van der Waals surface area contributed by atoms with Crippen LogP contribution in [0.15, 0.2) is 35.3 Å². The van der Waals surface area contributed by atoms with Crippen molar-refractivity contribution in [2.45, 2.75) is 13.0 Å². The fourth-order valence-corrected chi connectivity index (χ4v) is 1.97. The van der Waals surface area contributed by atoms with Crippen LogP contribution in [-0.2, 0) is 0 Å². The smallest absolute Gasteiger partial charge is 0.0515 e. The predicted molar refractivity (Wildman–Crippen MR) is 65.8 cm³/mol. The molecule has 1 aromatic rings. The lowest BCUT2D eigenvalue weighted by Gasteiger charge is -2.15. The van der Waals surface area contributed by atoms with E-state index in [9.17, 15) is 0 Å². The molecule has 76 valence electrons. The van der Waals surface area contributed by atoms with Crippen molar-refractivity contribution in [3.05, 3.63) is 45.9 Å². The molecule has 0 heterocycles. The van der Waals surface area contributed by atoms with Crippen LogP contribution >= 0.6 is 27.5 Å². The van der Waals surface area contributed by atoms with Crippen LogP contribution in [0.1, 0.15) is 18.5 Å². The second kappa shape index (κ2) is 5.54. The van der Waals surface area contributed by atoms with Crippen molar-refractivity contribution in [2.75, 3.05) is 6.54 Å². The Kier molecular flexibility index (Phi) is 4.66. The van der Waals surface area contributed by atoms with E-state index in [4.69, 9.17) is 11.6 Å². The van der Waals surface area contributed by atoms with Gasteiger partial charge in [-0.1, -0.05) is 40.5 Å². The molecule has 14 heavy (non-hydrogen) atoms. The maximum absolute atomic E-state index is 5.94. The number of benzene rings is 1. The summed E-state index contributed by atoms with van der Waals surface area (Å²) in [6.07, 6.45) is 1.87. The van der Waals surface area contributed by atoms with Gasteiger partial charge >= 0.3 is 0 Å². The van der Waals surface area contributed by atoms with Gasteiger partial charge in [0, 0.05) is 9.50 Å². The lowest BCUT2D eigenvalue weighted by Crippen LogP contribution is -2.19. The van der Waals surface area contributed by atoms with E-state index in [1.54, 1.807) is 0 Å². The monoisotopic (exact) mass is 273 g/mol. The summed E-state index contributed by atoms with van der Waals surface area (Å²) >= 11 is 9.43. The van der Waals surface area contributed by atoms with Crippen LogP contribution in [0.3, 0.4) is 0 Å². The summed E-state index contributed by atoms with van der Waals surface area (Å²) < 4.78 is 1.05. The van der Waals surface area contributed by atoms with Gasteiger partial charge in [0.05, 0.1) is 6.04 Å². The van der Waals surface area contributed by atoms with E-state index >= 15 is 0 Å². The molecule has 1 aromatic carbocycles. The Labute approximate surface area is 98.3 Å². The summed E-state index contributed by atoms with van der Waals surface area (Å²) in [5.41, 5.74) is 1.12. The SMILES string of the molecule is C=CC(NCC)c1cc(Cl)ccc1Br. The highest BCUT2D eigenvalue weighted by atomic mass is 79.9. The van der Waals surface area contributed by atoms with Crippen molar-refractivity contribution < 1.29 is 0 Å². The highest BCUT2D eigenvalue weighted by Crippen LogP contribution is 2.27. The molecule has 0 spiro atoms. The van der Waals surface area contributed by atoms with Crippen LogP contribution in [0.5, 0.6) is 0 Å². The van der Waals surface area contributed by atoms with Crippen LogP contribution in [0.4, 0.5) is 0 Å². The molecule has 1 rings (SSSR count). The Morgan fingerprint density at radius 3 is 2.93 bits per heavy atom.